The van der Waals surface area contributed by atoms with Crippen molar-refractivity contribution in [2.75, 3.05) is 12.3 Å². The average Bonchev–Trinajstić information content (AvgIpc) is 2.78. The predicted octanol–water partition coefficient (Wildman–Crippen LogP) is 2.94. The number of benzene rings is 1. The molecule has 2 unspecified atom stereocenters. The van der Waals surface area contributed by atoms with Gasteiger partial charge < -0.3 is 10.4 Å². The quantitative estimate of drug-likeness (QED) is 0.844. The summed E-state index contributed by atoms with van der Waals surface area (Å²) in [5.41, 5.74) is 1.16. The topological polar surface area (TPSA) is 32.3 Å². The van der Waals surface area contributed by atoms with Gasteiger partial charge in [0.15, 0.2) is 0 Å². The van der Waals surface area contributed by atoms with E-state index in [-0.39, 0.29) is 0 Å². The summed E-state index contributed by atoms with van der Waals surface area (Å²) in [6.07, 6.45) is 2.70. The molecule has 0 aliphatic carbocycles. The monoisotopic (exact) mass is 237 g/mol. The third-order valence-corrected chi connectivity index (χ3v) is 4.44. The van der Waals surface area contributed by atoms with Crippen LogP contribution < -0.4 is 5.32 Å². The lowest BCUT2D eigenvalue weighted by Crippen LogP contribution is -2.26. The Hall–Kier alpha value is -0.670. The molecule has 1 aromatic carbocycles. The van der Waals surface area contributed by atoms with Crippen LogP contribution in [0.2, 0.25) is 0 Å². The summed E-state index contributed by atoms with van der Waals surface area (Å²) < 4.78 is 0. The Balaban J connectivity index is 1.85. The molecule has 88 valence electrons. The molecule has 2 atom stereocenters. The zero-order chi connectivity index (χ0) is 11.4. The van der Waals surface area contributed by atoms with Crippen LogP contribution in [0.4, 0.5) is 0 Å². The number of nitrogens with one attached hydrogen (secondary N) is 1. The molecule has 0 amide bonds. The largest absolute Gasteiger partial charge is 0.508 e. The Morgan fingerprint density at radius 1 is 1.56 bits per heavy atom. The molecule has 1 aliphatic rings. The van der Waals surface area contributed by atoms with Gasteiger partial charge in [-0.25, -0.2) is 0 Å². The zero-order valence-electron chi connectivity index (χ0n) is 9.65. The molecule has 2 N–H and O–H groups in total. The van der Waals surface area contributed by atoms with Crippen LogP contribution in [-0.4, -0.2) is 22.7 Å². The molecule has 3 heteroatoms. The van der Waals surface area contributed by atoms with Crippen molar-refractivity contribution < 1.29 is 5.11 Å². The average molecular weight is 237 g/mol. The van der Waals surface area contributed by atoms with Gasteiger partial charge in [-0.3, -0.25) is 0 Å². The molecule has 1 saturated heterocycles. The number of hydrogen-bond donors (Lipinski definition) is 2. The number of phenolic OH excluding ortho intramolecular Hbond substituents is 1. The summed E-state index contributed by atoms with van der Waals surface area (Å²) >= 11 is 2.07. The number of phenols is 1. The van der Waals surface area contributed by atoms with E-state index in [0.717, 1.165) is 17.4 Å². The van der Waals surface area contributed by atoms with Gasteiger partial charge in [0, 0.05) is 17.8 Å². The SMILES string of the molecule is CC(NCC1CCCS1)c1cccc(O)c1. The highest BCUT2D eigenvalue weighted by molar-refractivity contribution is 8.00. The van der Waals surface area contributed by atoms with Crippen LogP contribution in [0, 0.1) is 0 Å². The predicted molar refractivity (Wildman–Crippen MR) is 70.0 cm³/mol. The highest BCUT2D eigenvalue weighted by Gasteiger charge is 2.16. The second kappa shape index (κ2) is 5.60. The van der Waals surface area contributed by atoms with E-state index in [9.17, 15) is 5.11 Å². The van der Waals surface area contributed by atoms with Crippen molar-refractivity contribution in [1.29, 1.82) is 0 Å². The van der Waals surface area contributed by atoms with Crippen molar-refractivity contribution in [2.24, 2.45) is 0 Å². The Labute approximate surface area is 101 Å². The lowest BCUT2D eigenvalue weighted by atomic mass is 10.1. The molecule has 2 rings (SSSR count). The highest BCUT2D eigenvalue weighted by atomic mass is 32.2. The summed E-state index contributed by atoms with van der Waals surface area (Å²) in [7, 11) is 0. The van der Waals surface area contributed by atoms with Gasteiger partial charge in [-0.1, -0.05) is 12.1 Å². The van der Waals surface area contributed by atoms with E-state index in [1.165, 1.54) is 18.6 Å². The van der Waals surface area contributed by atoms with Crippen LogP contribution >= 0.6 is 11.8 Å². The second-order valence-electron chi connectivity index (χ2n) is 4.36. The van der Waals surface area contributed by atoms with E-state index in [1.807, 2.05) is 12.1 Å². The van der Waals surface area contributed by atoms with Crippen LogP contribution in [0.3, 0.4) is 0 Å². The minimum absolute atomic E-state index is 0.313. The van der Waals surface area contributed by atoms with E-state index in [4.69, 9.17) is 0 Å². The Morgan fingerprint density at radius 2 is 2.44 bits per heavy atom. The van der Waals surface area contributed by atoms with Gasteiger partial charge in [0.25, 0.3) is 0 Å². The van der Waals surface area contributed by atoms with E-state index in [1.54, 1.807) is 6.07 Å². The minimum atomic E-state index is 0.313. The normalized spacial score (nSPS) is 22.2. The molecule has 0 radical (unpaired) electrons. The fraction of sp³-hybridized carbons (Fsp3) is 0.538. The summed E-state index contributed by atoms with van der Waals surface area (Å²) in [6.45, 7) is 3.22. The van der Waals surface area contributed by atoms with E-state index < -0.39 is 0 Å². The van der Waals surface area contributed by atoms with Crippen molar-refractivity contribution in [2.45, 2.75) is 31.1 Å². The molecule has 0 saturated carbocycles. The van der Waals surface area contributed by atoms with E-state index in [2.05, 4.69) is 30.1 Å². The van der Waals surface area contributed by atoms with E-state index >= 15 is 0 Å². The van der Waals surface area contributed by atoms with E-state index in [0.29, 0.717) is 11.8 Å². The van der Waals surface area contributed by atoms with Crippen LogP contribution in [0.15, 0.2) is 24.3 Å². The van der Waals surface area contributed by atoms with Gasteiger partial charge in [0.05, 0.1) is 0 Å². The summed E-state index contributed by atoms with van der Waals surface area (Å²) in [5.74, 6) is 1.66. The molecular weight excluding hydrogens is 218 g/mol. The zero-order valence-corrected chi connectivity index (χ0v) is 10.5. The number of aromatic hydroxyl groups is 1. The van der Waals surface area contributed by atoms with Crippen molar-refractivity contribution in [1.82, 2.24) is 5.32 Å². The molecule has 1 heterocycles. The third kappa shape index (κ3) is 3.16. The van der Waals surface area contributed by atoms with Crippen LogP contribution in [0.25, 0.3) is 0 Å². The molecule has 0 aromatic heterocycles. The van der Waals surface area contributed by atoms with Gasteiger partial charge in [-0.05, 0) is 43.2 Å². The maximum absolute atomic E-state index is 9.41. The fourth-order valence-corrected chi connectivity index (χ4v) is 3.24. The van der Waals surface area contributed by atoms with Gasteiger partial charge >= 0.3 is 0 Å². The van der Waals surface area contributed by atoms with Crippen molar-refractivity contribution in [3.8, 4) is 5.75 Å². The minimum Gasteiger partial charge on any atom is -0.508 e. The van der Waals surface area contributed by atoms with Gasteiger partial charge in [-0.2, -0.15) is 11.8 Å². The summed E-state index contributed by atoms with van der Waals surface area (Å²) in [6, 6.07) is 7.81. The lowest BCUT2D eigenvalue weighted by molar-refractivity contribution is 0.472. The second-order valence-corrected chi connectivity index (χ2v) is 5.77. The first-order valence-electron chi connectivity index (χ1n) is 5.89. The molecule has 16 heavy (non-hydrogen) atoms. The van der Waals surface area contributed by atoms with Crippen LogP contribution in [0.1, 0.15) is 31.4 Å². The molecule has 1 aromatic rings. The smallest absolute Gasteiger partial charge is 0.115 e. The molecular formula is C13H19NOS. The Bertz CT molecular complexity index is 336. The van der Waals surface area contributed by atoms with Gasteiger partial charge in [-0.15, -0.1) is 0 Å². The first kappa shape index (κ1) is 11.8. The molecule has 1 fully saturated rings. The fourth-order valence-electron chi connectivity index (χ4n) is 2.03. The molecule has 0 spiro atoms. The summed E-state index contributed by atoms with van der Waals surface area (Å²) in [5, 5.41) is 13.7. The van der Waals surface area contributed by atoms with Crippen LogP contribution in [-0.2, 0) is 0 Å². The number of hydrogen-bond acceptors (Lipinski definition) is 3. The molecule has 1 aliphatic heterocycles. The lowest BCUT2D eigenvalue weighted by Gasteiger charge is -2.17. The number of thioether (sulfide) groups is 1. The first-order valence-corrected chi connectivity index (χ1v) is 6.94. The standard InChI is InChI=1S/C13H19NOS/c1-10(11-4-2-5-12(15)8-11)14-9-13-6-3-7-16-13/h2,4-5,8,10,13-15H,3,6-7,9H2,1H3. The first-order chi connectivity index (χ1) is 7.75. The van der Waals surface area contributed by atoms with Crippen molar-refractivity contribution in [3.63, 3.8) is 0 Å². The van der Waals surface area contributed by atoms with Gasteiger partial charge in [0.1, 0.15) is 5.75 Å². The maximum Gasteiger partial charge on any atom is 0.115 e. The highest BCUT2D eigenvalue weighted by Crippen LogP contribution is 2.26. The summed E-state index contributed by atoms with van der Waals surface area (Å²) in [4.78, 5) is 0. The van der Waals surface area contributed by atoms with Gasteiger partial charge in [0.2, 0.25) is 0 Å². The Kier molecular flexibility index (Phi) is 4.13. The third-order valence-electron chi connectivity index (χ3n) is 3.05. The van der Waals surface area contributed by atoms with Crippen LogP contribution in [0.5, 0.6) is 5.75 Å². The van der Waals surface area contributed by atoms with Crippen molar-refractivity contribution >= 4 is 11.8 Å². The molecule has 2 nitrogen and oxygen atoms in total. The maximum atomic E-state index is 9.41. The van der Waals surface area contributed by atoms with Crippen molar-refractivity contribution in [3.05, 3.63) is 29.8 Å². The number of rotatable bonds is 4. The molecule has 0 bridgehead atoms. The Morgan fingerprint density at radius 3 is 3.12 bits per heavy atom.